The molecule has 0 aliphatic carbocycles. The Balaban J connectivity index is 1.59. The minimum atomic E-state index is -0.183. The van der Waals surface area contributed by atoms with Gasteiger partial charge in [-0.25, -0.2) is 4.98 Å². The van der Waals surface area contributed by atoms with Crippen molar-refractivity contribution in [3.63, 3.8) is 0 Å². The van der Waals surface area contributed by atoms with E-state index in [0.717, 1.165) is 26.8 Å². The fraction of sp³-hybridized carbons (Fsp3) is 0.158. The van der Waals surface area contributed by atoms with Gasteiger partial charge in [-0.05, 0) is 46.6 Å². The van der Waals surface area contributed by atoms with Gasteiger partial charge in [-0.3, -0.25) is 14.2 Å². The monoisotopic (exact) mass is 424 g/mol. The van der Waals surface area contributed by atoms with Crippen molar-refractivity contribution in [1.29, 1.82) is 0 Å². The minimum Gasteiger partial charge on any atom is -0.322 e. The predicted molar refractivity (Wildman–Crippen MR) is 107 cm³/mol. The molecular weight excluding hydrogens is 408 g/mol. The Bertz CT molecular complexity index is 1150. The topological polar surface area (TPSA) is 77.6 Å². The van der Waals surface area contributed by atoms with Crippen LogP contribution < -0.4 is 5.32 Å². The molecule has 4 aromatic rings. The van der Waals surface area contributed by atoms with Crippen LogP contribution in [0.3, 0.4) is 0 Å². The highest BCUT2D eigenvalue weighted by atomic mass is 79.9. The lowest BCUT2D eigenvalue weighted by Gasteiger charge is -2.09. The number of anilines is 1. The summed E-state index contributed by atoms with van der Waals surface area (Å²) in [6.07, 6.45) is 5.32. The second-order valence-electron chi connectivity index (χ2n) is 6.33. The maximum absolute atomic E-state index is 12.9. The van der Waals surface area contributed by atoms with Crippen LogP contribution in [0, 0.1) is 6.92 Å². The molecule has 0 aliphatic rings. The minimum absolute atomic E-state index is 0.183. The maximum Gasteiger partial charge on any atom is 0.256 e. The SMILES string of the molecule is Cc1cc(C(=O)Nc2cccc(Cn3cc(Br)cn3)c2)c2cnn(C)c2n1. The van der Waals surface area contributed by atoms with Crippen LogP contribution in [0.2, 0.25) is 0 Å². The molecule has 0 aliphatic heterocycles. The number of nitrogens with zero attached hydrogens (tertiary/aromatic N) is 5. The van der Waals surface area contributed by atoms with Crippen molar-refractivity contribution in [2.24, 2.45) is 7.05 Å². The number of benzene rings is 1. The molecule has 8 heteroatoms. The van der Waals surface area contributed by atoms with E-state index < -0.39 is 0 Å². The number of halogens is 1. The highest BCUT2D eigenvalue weighted by Gasteiger charge is 2.15. The summed E-state index contributed by atoms with van der Waals surface area (Å²) >= 11 is 3.39. The number of aryl methyl sites for hydroxylation is 2. The molecule has 0 radical (unpaired) electrons. The first-order valence-electron chi connectivity index (χ1n) is 8.37. The highest BCUT2D eigenvalue weighted by molar-refractivity contribution is 9.10. The second-order valence-corrected chi connectivity index (χ2v) is 7.24. The summed E-state index contributed by atoms with van der Waals surface area (Å²) in [7, 11) is 1.81. The maximum atomic E-state index is 12.9. The zero-order valence-corrected chi connectivity index (χ0v) is 16.4. The smallest absolute Gasteiger partial charge is 0.256 e. The van der Waals surface area contributed by atoms with E-state index in [4.69, 9.17) is 0 Å². The number of hydrogen-bond donors (Lipinski definition) is 1. The van der Waals surface area contributed by atoms with E-state index >= 15 is 0 Å². The van der Waals surface area contributed by atoms with E-state index in [-0.39, 0.29) is 5.91 Å². The Hall–Kier alpha value is -3.00. The van der Waals surface area contributed by atoms with Crippen LogP contribution in [0.15, 0.2) is 53.4 Å². The Labute approximate surface area is 164 Å². The van der Waals surface area contributed by atoms with Crippen LogP contribution in [0.4, 0.5) is 5.69 Å². The first-order valence-corrected chi connectivity index (χ1v) is 9.16. The molecule has 4 rings (SSSR count). The molecule has 1 aromatic carbocycles. The van der Waals surface area contributed by atoms with Crippen molar-refractivity contribution in [2.45, 2.75) is 13.5 Å². The molecule has 0 atom stereocenters. The number of hydrogen-bond acceptors (Lipinski definition) is 4. The number of carbonyl (C=O) groups is 1. The fourth-order valence-electron chi connectivity index (χ4n) is 2.99. The number of amides is 1. The molecule has 0 spiro atoms. The van der Waals surface area contributed by atoms with Gasteiger partial charge in [0.1, 0.15) is 0 Å². The lowest BCUT2D eigenvalue weighted by molar-refractivity contribution is 0.102. The molecule has 0 bridgehead atoms. The average Bonchev–Trinajstić information content (AvgIpc) is 3.20. The van der Waals surface area contributed by atoms with Gasteiger partial charge in [-0.15, -0.1) is 0 Å². The van der Waals surface area contributed by atoms with Crippen molar-refractivity contribution in [1.82, 2.24) is 24.5 Å². The Morgan fingerprint density at radius 3 is 2.85 bits per heavy atom. The number of carbonyl (C=O) groups excluding carboxylic acids is 1. The second kappa shape index (κ2) is 6.96. The predicted octanol–water partition coefficient (Wildman–Crippen LogP) is 3.54. The molecular formula is C19H17BrN6O. The van der Waals surface area contributed by atoms with Gasteiger partial charge in [-0.2, -0.15) is 10.2 Å². The molecule has 1 amide bonds. The van der Waals surface area contributed by atoms with E-state index in [1.807, 2.05) is 49.1 Å². The Morgan fingerprint density at radius 1 is 1.22 bits per heavy atom. The van der Waals surface area contributed by atoms with E-state index in [1.54, 1.807) is 23.1 Å². The molecule has 0 saturated carbocycles. The Kier molecular flexibility index (Phi) is 4.49. The van der Waals surface area contributed by atoms with Crippen LogP contribution in [-0.4, -0.2) is 30.5 Å². The standard InChI is InChI=1S/C19H17BrN6O/c1-12-6-16(17-9-21-25(2)18(17)23-12)19(27)24-15-5-3-4-13(7-15)10-26-11-14(20)8-22-26/h3-9,11H,10H2,1-2H3,(H,24,27). The summed E-state index contributed by atoms with van der Waals surface area (Å²) in [5.74, 6) is -0.183. The number of aromatic nitrogens is 5. The largest absolute Gasteiger partial charge is 0.322 e. The molecule has 136 valence electrons. The van der Waals surface area contributed by atoms with Crippen LogP contribution in [0.1, 0.15) is 21.6 Å². The van der Waals surface area contributed by atoms with Crippen LogP contribution in [0.5, 0.6) is 0 Å². The van der Waals surface area contributed by atoms with Crippen molar-refractivity contribution in [3.8, 4) is 0 Å². The molecule has 7 nitrogen and oxygen atoms in total. The molecule has 0 unspecified atom stereocenters. The van der Waals surface area contributed by atoms with E-state index in [9.17, 15) is 4.79 Å². The first-order chi connectivity index (χ1) is 13.0. The van der Waals surface area contributed by atoms with Crippen molar-refractivity contribution < 1.29 is 4.79 Å². The molecule has 0 saturated heterocycles. The van der Waals surface area contributed by atoms with Crippen LogP contribution in [-0.2, 0) is 13.6 Å². The number of fused-ring (bicyclic) bond motifs is 1. The summed E-state index contributed by atoms with van der Waals surface area (Å²) < 4.78 is 4.43. The normalized spacial score (nSPS) is 11.1. The van der Waals surface area contributed by atoms with Crippen LogP contribution >= 0.6 is 15.9 Å². The molecule has 3 aromatic heterocycles. The van der Waals surface area contributed by atoms with Gasteiger partial charge < -0.3 is 5.32 Å². The molecule has 27 heavy (non-hydrogen) atoms. The summed E-state index contributed by atoms with van der Waals surface area (Å²) in [4.78, 5) is 17.3. The first kappa shape index (κ1) is 17.4. The average molecular weight is 425 g/mol. The van der Waals surface area contributed by atoms with E-state index in [1.165, 1.54) is 0 Å². The highest BCUT2D eigenvalue weighted by Crippen LogP contribution is 2.20. The summed E-state index contributed by atoms with van der Waals surface area (Å²) in [6.45, 7) is 2.49. The summed E-state index contributed by atoms with van der Waals surface area (Å²) in [6, 6.07) is 9.52. The van der Waals surface area contributed by atoms with Gasteiger partial charge in [0.15, 0.2) is 5.65 Å². The van der Waals surface area contributed by atoms with Gasteiger partial charge in [0, 0.05) is 24.6 Å². The third-order valence-corrected chi connectivity index (χ3v) is 4.62. The number of nitrogens with one attached hydrogen (secondary N) is 1. The third kappa shape index (κ3) is 3.61. The van der Waals surface area contributed by atoms with Crippen LogP contribution in [0.25, 0.3) is 11.0 Å². The van der Waals surface area contributed by atoms with Gasteiger partial charge in [0.25, 0.3) is 5.91 Å². The van der Waals surface area contributed by atoms with Crippen molar-refractivity contribution in [2.75, 3.05) is 5.32 Å². The van der Waals surface area contributed by atoms with Gasteiger partial charge >= 0.3 is 0 Å². The van der Waals surface area contributed by atoms with E-state index in [2.05, 4.69) is 36.4 Å². The zero-order valence-electron chi connectivity index (χ0n) is 14.8. The summed E-state index contributed by atoms with van der Waals surface area (Å²) in [5, 5.41) is 12.2. The van der Waals surface area contributed by atoms with Gasteiger partial charge in [0.2, 0.25) is 0 Å². The molecule has 1 N–H and O–H groups in total. The molecule has 3 heterocycles. The van der Waals surface area contributed by atoms with Gasteiger partial charge in [0.05, 0.1) is 34.4 Å². The third-order valence-electron chi connectivity index (χ3n) is 4.21. The zero-order chi connectivity index (χ0) is 19.0. The Morgan fingerprint density at radius 2 is 2.07 bits per heavy atom. The lowest BCUT2D eigenvalue weighted by Crippen LogP contribution is -2.13. The van der Waals surface area contributed by atoms with Crippen molar-refractivity contribution in [3.05, 3.63) is 70.2 Å². The number of rotatable bonds is 4. The quantitative estimate of drug-likeness (QED) is 0.543. The molecule has 0 fully saturated rings. The van der Waals surface area contributed by atoms with Gasteiger partial charge in [-0.1, -0.05) is 12.1 Å². The summed E-state index contributed by atoms with van der Waals surface area (Å²) in [5.41, 5.74) is 3.80. The lowest BCUT2D eigenvalue weighted by atomic mass is 10.1. The number of pyridine rings is 1. The van der Waals surface area contributed by atoms with E-state index in [0.29, 0.717) is 17.8 Å². The fourth-order valence-corrected chi connectivity index (χ4v) is 3.31. The van der Waals surface area contributed by atoms with Crippen molar-refractivity contribution >= 4 is 38.6 Å².